The number of fused-ring (bicyclic) bond motifs is 1. The van der Waals surface area contributed by atoms with Crippen molar-refractivity contribution in [3.8, 4) is 0 Å². The minimum atomic E-state index is -3.76. The fourth-order valence-corrected chi connectivity index (χ4v) is 3.07. The second-order valence-electron chi connectivity index (χ2n) is 4.14. The first-order valence-electron chi connectivity index (χ1n) is 5.66. The molecule has 106 valence electrons. The van der Waals surface area contributed by atoms with E-state index in [9.17, 15) is 13.2 Å². The number of anilines is 1. The lowest BCUT2D eigenvalue weighted by molar-refractivity contribution is -0.137. The van der Waals surface area contributed by atoms with E-state index in [4.69, 9.17) is 0 Å². The SMILES string of the molecule is COC(=O)CS(=O)(=O)Nc1ccc2cc(Br)ccc2c1. The van der Waals surface area contributed by atoms with Crippen LogP contribution in [0.25, 0.3) is 10.8 Å². The number of benzene rings is 2. The highest BCUT2D eigenvalue weighted by molar-refractivity contribution is 9.10. The third kappa shape index (κ3) is 3.71. The lowest BCUT2D eigenvalue weighted by atomic mass is 10.1. The van der Waals surface area contributed by atoms with Crippen LogP contribution in [0.15, 0.2) is 40.9 Å². The molecule has 0 unspecified atom stereocenters. The Labute approximate surface area is 125 Å². The van der Waals surface area contributed by atoms with Crippen molar-refractivity contribution in [3.05, 3.63) is 40.9 Å². The van der Waals surface area contributed by atoms with Crippen molar-refractivity contribution >= 4 is 48.4 Å². The Hall–Kier alpha value is -1.60. The van der Waals surface area contributed by atoms with Crippen LogP contribution in [0.4, 0.5) is 5.69 Å². The summed E-state index contributed by atoms with van der Waals surface area (Å²) in [5, 5.41) is 1.88. The first-order chi connectivity index (χ1) is 9.39. The van der Waals surface area contributed by atoms with Crippen LogP contribution in [0.2, 0.25) is 0 Å². The molecule has 2 aromatic rings. The smallest absolute Gasteiger partial charge is 0.322 e. The van der Waals surface area contributed by atoms with E-state index in [2.05, 4.69) is 25.4 Å². The molecule has 20 heavy (non-hydrogen) atoms. The van der Waals surface area contributed by atoms with Gasteiger partial charge in [0.05, 0.1) is 7.11 Å². The van der Waals surface area contributed by atoms with Gasteiger partial charge in [0.1, 0.15) is 0 Å². The minimum absolute atomic E-state index is 0.406. The van der Waals surface area contributed by atoms with Crippen LogP contribution in [0, 0.1) is 0 Å². The van der Waals surface area contributed by atoms with Crippen LogP contribution in [-0.2, 0) is 19.6 Å². The molecule has 0 aromatic heterocycles. The van der Waals surface area contributed by atoms with Crippen LogP contribution < -0.4 is 4.72 Å². The molecule has 0 heterocycles. The van der Waals surface area contributed by atoms with Crippen molar-refractivity contribution < 1.29 is 17.9 Å². The molecule has 0 atom stereocenters. The van der Waals surface area contributed by atoms with Crippen molar-refractivity contribution in [1.82, 2.24) is 0 Å². The summed E-state index contributed by atoms with van der Waals surface area (Å²) in [7, 11) is -2.61. The molecule has 5 nitrogen and oxygen atoms in total. The van der Waals surface area contributed by atoms with Gasteiger partial charge >= 0.3 is 5.97 Å². The Balaban J connectivity index is 2.26. The molecule has 0 amide bonds. The van der Waals surface area contributed by atoms with Crippen LogP contribution in [0.5, 0.6) is 0 Å². The summed E-state index contributed by atoms with van der Waals surface area (Å²) < 4.78 is 31.1. The van der Waals surface area contributed by atoms with Crippen molar-refractivity contribution in [3.63, 3.8) is 0 Å². The van der Waals surface area contributed by atoms with Gasteiger partial charge in [0.25, 0.3) is 0 Å². The molecule has 0 spiro atoms. The zero-order chi connectivity index (χ0) is 14.8. The number of hydrogen-bond donors (Lipinski definition) is 1. The number of hydrogen-bond acceptors (Lipinski definition) is 4. The van der Waals surface area contributed by atoms with Gasteiger partial charge in [-0.1, -0.05) is 28.1 Å². The predicted molar refractivity (Wildman–Crippen MR) is 81.1 cm³/mol. The number of halogens is 1. The highest BCUT2D eigenvalue weighted by Gasteiger charge is 2.16. The number of esters is 1. The summed E-state index contributed by atoms with van der Waals surface area (Å²) in [5.74, 6) is -1.51. The molecule has 1 N–H and O–H groups in total. The molecule has 0 aliphatic heterocycles. The molecule has 2 rings (SSSR count). The molecule has 2 aromatic carbocycles. The quantitative estimate of drug-likeness (QED) is 0.853. The van der Waals surface area contributed by atoms with Crippen LogP contribution in [0.3, 0.4) is 0 Å². The van der Waals surface area contributed by atoms with E-state index in [1.807, 2.05) is 18.2 Å². The Kier molecular flexibility index (Phi) is 4.29. The summed E-state index contributed by atoms with van der Waals surface area (Å²) in [5.41, 5.74) is 0.406. The van der Waals surface area contributed by atoms with Crippen molar-refractivity contribution in [2.75, 3.05) is 17.6 Å². The molecular weight excluding hydrogens is 346 g/mol. The van der Waals surface area contributed by atoms with E-state index in [0.29, 0.717) is 5.69 Å². The minimum Gasteiger partial charge on any atom is -0.468 e. The van der Waals surface area contributed by atoms with Gasteiger partial charge in [-0.05, 0) is 35.0 Å². The second kappa shape index (κ2) is 5.80. The monoisotopic (exact) mass is 357 g/mol. The normalized spacial score (nSPS) is 11.3. The van der Waals surface area contributed by atoms with E-state index >= 15 is 0 Å². The van der Waals surface area contributed by atoms with Gasteiger partial charge in [0.15, 0.2) is 5.75 Å². The fraction of sp³-hybridized carbons (Fsp3) is 0.154. The van der Waals surface area contributed by atoms with Gasteiger partial charge in [-0.15, -0.1) is 0 Å². The Morgan fingerprint density at radius 2 is 1.85 bits per heavy atom. The van der Waals surface area contributed by atoms with E-state index in [-0.39, 0.29) is 0 Å². The molecule has 0 aliphatic rings. The summed E-state index contributed by atoms with van der Waals surface area (Å²) in [6.07, 6.45) is 0. The number of nitrogens with one attached hydrogen (secondary N) is 1. The molecule has 0 saturated carbocycles. The molecule has 0 bridgehead atoms. The third-order valence-corrected chi connectivity index (χ3v) is 4.27. The van der Waals surface area contributed by atoms with Crippen LogP contribution in [-0.4, -0.2) is 27.2 Å². The van der Waals surface area contributed by atoms with Crippen LogP contribution in [0.1, 0.15) is 0 Å². The molecule has 0 fully saturated rings. The average molecular weight is 358 g/mol. The molecule has 0 radical (unpaired) electrons. The number of carbonyl (C=O) groups excluding carboxylic acids is 1. The zero-order valence-electron chi connectivity index (χ0n) is 10.6. The van der Waals surface area contributed by atoms with Crippen molar-refractivity contribution in [2.24, 2.45) is 0 Å². The largest absolute Gasteiger partial charge is 0.468 e. The Morgan fingerprint density at radius 1 is 1.20 bits per heavy atom. The lowest BCUT2D eigenvalue weighted by Crippen LogP contribution is -2.23. The molecular formula is C13H12BrNO4S. The van der Waals surface area contributed by atoms with E-state index < -0.39 is 21.7 Å². The first kappa shape index (κ1) is 14.8. The number of sulfonamides is 1. The zero-order valence-corrected chi connectivity index (χ0v) is 13.0. The third-order valence-electron chi connectivity index (χ3n) is 2.61. The average Bonchev–Trinajstić information content (AvgIpc) is 2.37. The number of ether oxygens (including phenoxy) is 1. The molecule has 0 aliphatic carbocycles. The van der Waals surface area contributed by atoms with E-state index in [1.165, 1.54) is 0 Å². The van der Waals surface area contributed by atoms with Gasteiger partial charge in [-0.2, -0.15) is 0 Å². The van der Waals surface area contributed by atoms with Crippen molar-refractivity contribution in [1.29, 1.82) is 0 Å². The van der Waals surface area contributed by atoms with Gasteiger partial charge in [-0.25, -0.2) is 8.42 Å². The first-order valence-corrected chi connectivity index (χ1v) is 8.11. The van der Waals surface area contributed by atoms with Crippen LogP contribution >= 0.6 is 15.9 Å². The molecule has 7 heteroatoms. The summed E-state index contributed by atoms with van der Waals surface area (Å²) in [6, 6.07) is 10.8. The standard InChI is InChI=1S/C13H12BrNO4S/c1-19-13(16)8-20(17,18)15-12-5-3-9-6-11(14)4-2-10(9)7-12/h2-7,15H,8H2,1H3. The predicted octanol–water partition coefficient (Wildman–Crippen LogP) is 2.52. The van der Waals surface area contributed by atoms with Gasteiger partial charge in [-0.3, -0.25) is 9.52 Å². The number of rotatable bonds is 4. The van der Waals surface area contributed by atoms with Crippen molar-refractivity contribution in [2.45, 2.75) is 0 Å². The maximum Gasteiger partial charge on any atom is 0.322 e. The summed E-state index contributed by atoms with van der Waals surface area (Å²) >= 11 is 3.37. The lowest BCUT2D eigenvalue weighted by Gasteiger charge is -2.08. The van der Waals surface area contributed by atoms with Gasteiger partial charge in [0.2, 0.25) is 10.0 Å². The highest BCUT2D eigenvalue weighted by atomic mass is 79.9. The maximum absolute atomic E-state index is 11.7. The van der Waals surface area contributed by atoms with Gasteiger partial charge in [0, 0.05) is 10.2 Å². The number of methoxy groups -OCH3 is 1. The van der Waals surface area contributed by atoms with Gasteiger partial charge < -0.3 is 4.74 Å². The Morgan fingerprint density at radius 3 is 2.55 bits per heavy atom. The molecule has 0 saturated heterocycles. The van der Waals surface area contributed by atoms with E-state index in [0.717, 1.165) is 22.4 Å². The highest BCUT2D eigenvalue weighted by Crippen LogP contribution is 2.23. The number of carbonyl (C=O) groups is 1. The topological polar surface area (TPSA) is 72.5 Å². The second-order valence-corrected chi connectivity index (χ2v) is 6.78. The summed E-state index contributed by atoms with van der Waals surface area (Å²) in [6.45, 7) is 0. The fourth-order valence-electron chi connectivity index (χ4n) is 1.71. The van der Waals surface area contributed by atoms with E-state index in [1.54, 1.807) is 18.2 Å². The maximum atomic E-state index is 11.7. The Bertz CT molecular complexity index is 758. The summed E-state index contributed by atoms with van der Waals surface area (Å²) in [4.78, 5) is 11.0.